The van der Waals surface area contributed by atoms with E-state index >= 15 is 0 Å². The molecule has 1 aromatic rings. The van der Waals surface area contributed by atoms with Crippen molar-refractivity contribution in [2.24, 2.45) is 5.92 Å². The molecule has 1 N–H and O–H groups in total. The summed E-state index contributed by atoms with van der Waals surface area (Å²) in [6.45, 7) is 1.70. The summed E-state index contributed by atoms with van der Waals surface area (Å²) in [7, 11) is 0. The summed E-state index contributed by atoms with van der Waals surface area (Å²) in [6.07, 6.45) is 3.12. The fourth-order valence-electron chi connectivity index (χ4n) is 2.25. The maximum Gasteiger partial charge on any atom is 0.224 e. The number of halogens is 2. The van der Waals surface area contributed by atoms with E-state index in [2.05, 4.69) is 10.6 Å². The quantitative estimate of drug-likeness (QED) is 0.895. The molecule has 1 radical (unpaired) electrons. The van der Waals surface area contributed by atoms with Crippen molar-refractivity contribution in [3.05, 3.63) is 29.8 Å². The molecule has 0 saturated carbocycles. The molecule has 1 aliphatic rings. The van der Waals surface area contributed by atoms with Crippen LogP contribution in [0.1, 0.15) is 25.7 Å². The van der Waals surface area contributed by atoms with Crippen molar-refractivity contribution in [3.63, 3.8) is 0 Å². The van der Waals surface area contributed by atoms with Gasteiger partial charge in [0.15, 0.2) is 0 Å². The molecule has 1 unspecified atom stereocenters. The van der Waals surface area contributed by atoms with Crippen LogP contribution in [0.4, 0.5) is 14.5 Å². The summed E-state index contributed by atoms with van der Waals surface area (Å²) >= 11 is 0. The number of amides is 1. The first-order valence-electron chi connectivity index (χ1n) is 6.54. The second kappa shape index (κ2) is 6.61. The predicted octanol–water partition coefficient (Wildman–Crippen LogP) is 2.70. The molecular weight excluding hydrogens is 250 g/mol. The van der Waals surface area contributed by atoms with Gasteiger partial charge < -0.3 is 5.32 Å². The summed E-state index contributed by atoms with van der Waals surface area (Å²) in [6, 6.07) is 3.52. The van der Waals surface area contributed by atoms with Crippen molar-refractivity contribution in [1.29, 1.82) is 0 Å². The van der Waals surface area contributed by atoms with E-state index in [0.717, 1.165) is 38.1 Å². The van der Waals surface area contributed by atoms with Crippen LogP contribution in [-0.2, 0) is 4.79 Å². The van der Waals surface area contributed by atoms with E-state index in [1.165, 1.54) is 6.07 Å². The van der Waals surface area contributed by atoms with E-state index in [9.17, 15) is 13.6 Å². The van der Waals surface area contributed by atoms with Crippen molar-refractivity contribution >= 4 is 11.6 Å². The molecule has 3 nitrogen and oxygen atoms in total. The van der Waals surface area contributed by atoms with Crippen LogP contribution < -0.4 is 10.6 Å². The zero-order chi connectivity index (χ0) is 13.7. The Labute approximate surface area is 111 Å². The van der Waals surface area contributed by atoms with Crippen molar-refractivity contribution in [2.75, 3.05) is 18.4 Å². The number of nitrogens with one attached hydrogen (secondary N) is 1. The molecule has 1 fully saturated rings. The Morgan fingerprint density at radius 3 is 2.74 bits per heavy atom. The number of nitrogens with zero attached hydrogens (tertiary/aromatic N) is 1. The van der Waals surface area contributed by atoms with Crippen LogP contribution in [0.5, 0.6) is 0 Å². The molecule has 1 heterocycles. The van der Waals surface area contributed by atoms with Gasteiger partial charge in [0, 0.05) is 19.5 Å². The number of benzene rings is 1. The van der Waals surface area contributed by atoms with E-state index in [1.807, 2.05) is 0 Å². The van der Waals surface area contributed by atoms with Crippen LogP contribution in [0, 0.1) is 17.6 Å². The molecular formula is C14H17F2N2O. The molecule has 1 aromatic carbocycles. The number of anilines is 1. The van der Waals surface area contributed by atoms with Crippen molar-refractivity contribution in [2.45, 2.75) is 25.7 Å². The Bertz CT molecular complexity index is 425. The summed E-state index contributed by atoms with van der Waals surface area (Å²) in [5, 5.41) is 6.60. The van der Waals surface area contributed by atoms with Gasteiger partial charge in [0.2, 0.25) is 5.91 Å². The van der Waals surface area contributed by atoms with Crippen LogP contribution in [0.15, 0.2) is 18.2 Å². The van der Waals surface area contributed by atoms with Crippen LogP contribution >= 0.6 is 0 Å². The third-order valence-corrected chi connectivity index (χ3v) is 3.32. The zero-order valence-corrected chi connectivity index (χ0v) is 10.7. The maximum atomic E-state index is 13.3. The van der Waals surface area contributed by atoms with E-state index in [-0.39, 0.29) is 18.0 Å². The first kappa shape index (κ1) is 13.9. The smallest absolute Gasteiger partial charge is 0.224 e. The summed E-state index contributed by atoms with van der Waals surface area (Å²) in [4.78, 5) is 11.7. The molecule has 0 bridgehead atoms. The second-order valence-corrected chi connectivity index (χ2v) is 4.82. The highest BCUT2D eigenvalue weighted by Crippen LogP contribution is 2.20. The average Bonchev–Trinajstić information content (AvgIpc) is 2.42. The lowest BCUT2D eigenvalue weighted by atomic mass is 9.94. The fourth-order valence-corrected chi connectivity index (χ4v) is 2.25. The van der Waals surface area contributed by atoms with Gasteiger partial charge in [0.1, 0.15) is 17.3 Å². The molecule has 103 valence electrons. The van der Waals surface area contributed by atoms with E-state index < -0.39 is 11.6 Å². The van der Waals surface area contributed by atoms with Crippen LogP contribution in [0.2, 0.25) is 0 Å². The van der Waals surface area contributed by atoms with Crippen molar-refractivity contribution < 1.29 is 13.6 Å². The third kappa shape index (κ3) is 3.99. The van der Waals surface area contributed by atoms with E-state index in [1.54, 1.807) is 0 Å². The largest absolute Gasteiger partial charge is 0.321 e. The van der Waals surface area contributed by atoms with Crippen LogP contribution in [0.3, 0.4) is 0 Å². The molecule has 1 amide bonds. The fraction of sp³-hybridized carbons (Fsp3) is 0.500. The topological polar surface area (TPSA) is 43.2 Å². The molecule has 0 aliphatic carbocycles. The number of para-hydroxylation sites is 1. The second-order valence-electron chi connectivity index (χ2n) is 4.82. The summed E-state index contributed by atoms with van der Waals surface area (Å²) in [5.41, 5.74) is -0.360. The highest BCUT2D eigenvalue weighted by Gasteiger charge is 2.16. The number of hydrogen-bond acceptors (Lipinski definition) is 1. The Hall–Kier alpha value is -1.49. The normalized spacial score (nSPS) is 19.2. The van der Waals surface area contributed by atoms with Crippen LogP contribution in [-0.4, -0.2) is 19.0 Å². The Morgan fingerprint density at radius 1 is 1.37 bits per heavy atom. The first-order valence-corrected chi connectivity index (χ1v) is 6.54. The molecule has 0 aromatic heterocycles. The third-order valence-electron chi connectivity index (χ3n) is 3.32. The average molecular weight is 267 g/mol. The van der Waals surface area contributed by atoms with E-state index in [4.69, 9.17) is 0 Å². The Morgan fingerprint density at radius 2 is 2.11 bits per heavy atom. The summed E-state index contributed by atoms with van der Waals surface area (Å²) < 4.78 is 26.7. The van der Waals surface area contributed by atoms with Gasteiger partial charge >= 0.3 is 0 Å². The highest BCUT2D eigenvalue weighted by atomic mass is 19.1. The number of hydrogen-bond donors (Lipinski definition) is 1. The van der Waals surface area contributed by atoms with Crippen LogP contribution in [0.25, 0.3) is 0 Å². The minimum Gasteiger partial charge on any atom is -0.321 e. The number of carbonyl (C=O) groups is 1. The lowest BCUT2D eigenvalue weighted by Crippen LogP contribution is -2.25. The first-order chi connectivity index (χ1) is 9.16. The number of rotatable bonds is 4. The lowest BCUT2D eigenvalue weighted by molar-refractivity contribution is -0.116. The summed E-state index contributed by atoms with van der Waals surface area (Å²) in [5.74, 6) is -1.43. The van der Waals surface area contributed by atoms with Gasteiger partial charge in [-0.1, -0.05) is 6.07 Å². The minimum atomic E-state index is -0.749. The van der Waals surface area contributed by atoms with E-state index in [0.29, 0.717) is 12.3 Å². The minimum absolute atomic E-state index is 0.272. The van der Waals surface area contributed by atoms with Crippen molar-refractivity contribution in [3.8, 4) is 0 Å². The number of carbonyl (C=O) groups excluding carboxylic acids is 1. The molecule has 1 saturated heterocycles. The lowest BCUT2D eigenvalue weighted by Gasteiger charge is -2.20. The highest BCUT2D eigenvalue weighted by molar-refractivity contribution is 5.90. The number of piperidine rings is 1. The monoisotopic (exact) mass is 267 g/mol. The molecule has 2 rings (SSSR count). The standard InChI is InChI=1S/C14H17F2N2O/c15-11-4-1-5-12(16)14(11)18-13(19)7-6-10-3-2-8-17-9-10/h1,4-5,10H,2-3,6-9H2,(H,18,19). The van der Waals surface area contributed by atoms with Gasteiger partial charge in [-0.15, -0.1) is 0 Å². The SMILES string of the molecule is O=C(CCC1CCC[N]C1)Nc1c(F)cccc1F. The van der Waals surface area contributed by atoms with Gasteiger partial charge in [-0.2, -0.15) is 0 Å². The molecule has 1 aliphatic heterocycles. The molecule has 5 heteroatoms. The van der Waals surface area contributed by atoms with Gasteiger partial charge in [-0.25, -0.2) is 14.1 Å². The van der Waals surface area contributed by atoms with Crippen molar-refractivity contribution in [1.82, 2.24) is 5.32 Å². The maximum absolute atomic E-state index is 13.3. The Balaban J connectivity index is 1.83. The molecule has 1 atom stereocenters. The predicted molar refractivity (Wildman–Crippen MR) is 68.8 cm³/mol. The van der Waals surface area contributed by atoms with Gasteiger partial charge in [-0.3, -0.25) is 4.79 Å². The zero-order valence-electron chi connectivity index (χ0n) is 10.7. The Kier molecular flexibility index (Phi) is 4.85. The van der Waals surface area contributed by atoms with Gasteiger partial charge in [-0.05, 0) is 37.3 Å². The molecule has 19 heavy (non-hydrogen) atoms. The van der Waals surface area contributed by atoms with Gasteiger partial charge in [0.05, 0.1) is 0 Å². The molecule has 0 spiro atoms. The van der Waals surface area contributed by atoms with Gasteiger partial charge in [0.25, 0.3) is 0 Å².